The summed E-state index contributed by atoms with van der Waals surface area (Å²) in [5, 5.41) is 1.57. The molecule has 0 radical (unpaired) electrons. The molecule has 1 unspecified atom stereocenters. The maximum absolute atomic E-state index is 6.24. The van der Waals surface area contributed by atoms with E-state index in [1.54, 1.807) is 6.08 Å². The second kappa shape index (κ2) is 10.1. The van der Waals surface area contributed by atoms with E-state index in [0.717, 1.165) is 23.9 Å². The van der Waals surface area contributed by atoms with E-state index >= 15 is 0 Å². The quantitative estimate of drug-likeness (QED) is 0.253. The SMILES string of the molecule is ClC(Cl)=CCOC1C=C(Cl)C(OCCCBr)=[C]([Tl])C1. The van der Waals surface area contributed by atoms with Crippen molar-refractivity contribution in [2.45, 2.75) is 18.9 Å². The van der Waals surface area contributed by atoms with Crippen molar-refractivity contribution >= 4 is 76.5 Å². The molecular formula is C12H13BrCl3O2Tl. The maximum atomic E-state index is 6.24. The predicted molar refractivity (Wildman–Crippen MR) is 85.2 cm³/mol. The molecule has 0 amide bonds. The molecule has 0 saturated carbocycles. The number of ether oxygens (including phenoxy) is 2. The summed E-state index contributed by atoms with van der Waals surface area (Å²) in [5.41, 5.74) is 0. The summed E-state index contributed by atoms with van der Waals surface area (Å²) < 4.78 is 12.8. The van der Waals surface area contributed by atoms with E-state index in [4.69, 9.17) is 44.3 Å². The third-order valence-electron chi connectivity index (χ3n) is 2.33. The van der Waals surface area contributed by atoms with Gasteiger partial charge in [0.25, 0.3) is 0 Å². The third-order valence-corrected chi connectivity index (χ3v) is 5.44. The zero-order valence-electron chi connectivity index (χ0n) is 10.2. The number of alkyl halides is 1. The van der Waals surface area contributed by atoms with Gasteiger partial charge in [0.2, 0.25) is 0 Å². The Morgan fingerprint density at radius 2 is 2.26 bits per heavy atom. The van der Waals surface area contributed by atoms with Crippen molar-refractivity contribution in [2.75, 3.05) is 18.5 Å². The van der Waals surface area contributed by atoms with Gasteiger partial charge < -0.3 is 0 Å². The molecule has 0 fully saturated rings. The molecule has 1 atom stereocenters. The first-order chi connectivity index (χ1) is 9.04. The Morgan fingerprint density at radius 1 is 1.53 bits per heavy atom. The van der Waals surface area contributed by atoms with Crippen LogP contribution >= 0.6 is 50.7 Å². The van der Waals surface area contributed by atoms with E-state index in [2.05, 4.69) is 15.9 Å². The van der Waals surface area contributed by atoms with Gasteiger partial charge in [-0.15, -0.1) is 0 Å². The van der Waals surface area contributed by atoms with Crippen molar-refractivity contribution in [3.8, 4) is 0 Å². The van der Waals surface area contributed by atoms with Crippen LogP contribution in [0.4, 0.5) is 0 Å². The predicted octanol–water partition coefficient (Wildman–Crippen LogP) is 4.40. The Bertz CT molecular complexity index is 392. The number of halogens is 4. The van der Waals surface area contributed by atoms with Gasteiger partial charge in [-0.3, -0.25) is 0 Å². The van der Waals surface area contributed by atoms with Crippen LogP contribution in [0.15, 0.2) is 30.6 Å². The van der Waals surface area contributed by atoms with Gasteiger partial charge in [0.1, 0.15) is 0 Å². The van der Waals surface area contributed by atoms with Gasteiger partial charge in [0.05, 0.1) is 0 Å². The van der Waals surface area contributed by atoms with Gasteiger partial charge in [0, 0.05) is 0 Å². The first-order valence-corrected chi connectivity index (χ1v) is 10.2. The van der Waals surface area contributed by atoms with Crippen molar-refractivity contribution in [2.24, 2.45) is 0 Å². The van der Waals surface area contributed by atoms with Crippen LogP contribution in [-0.4, -0.2) is 50.4 Å². The normalized spacial score (nSPS) is 19.1. The third kappa shape index (κ3) is 7.18. The molecule has 7 heteroatoms. The number of hydrogen-bond acceptors (Lipinski definition) is 2. The first-order valence-electron chi connectivity index (χ1n) is 5.72. The Hall–Kier alpha value is 1.25. The van der Waals surface area contributed by atoms with Gasteiger partial charge >= 0.3 is 154 Å². The number of allylic oxidation sites excluding steroid dienone is 1. The molecule has 1 aliphatic carbocycles. The molecule has 0 N–H and O–H groups in total. The van der Waals surface area contributed by atoms with Gasteiger partial charge in [0.15, 0.2) is 0 Å². The minimum absolute atomic E-state index is 0.0278. The molecule has 2 nitrogen and oxygen atoms in total. The summed E-state index contributed by atoms with van der Waals surface area (Å²) in [5.74, 6) is 0.846. The standard InChI is InChI=1S/C12H13BrCl3O2.Tl/c13-5-1-6-18-11-3-2-9(8-10(11)14)17-7-4-12(15)16;/h4,8-9H,1-2,5-7H2;. The van der Waals surface area contributed by atoms with Crippen molar-refractivity contribution in [1.29, 1.82) is 0 Å². The van der Waals surface area contributed by atoms with E-state index in [-0.39, 0.29) is 10.6 Å². The summed E-state index contributed by atoms with van der Waals surface area (Å²) in [4.78, 5) is 0. The first kappa shape index (κ1) is 18.3. The fraction of sp³-hybridized carbons (Fsp3) is 0.500. The second-order valence-corrected chi connectivity index (χ2v) is 8.75. The van der Waals surface area contributed by atoms with Gasteiger partial charge in [-0.1, -0.05) is 0 Å². The number of hydrogen-bond donors (Lipinski definition) is 0. The molecule has 0 aromatic rings. The van der Waals surface area contributed by atoms with Crippen LogP contribution in [0.1, 0.15) is 12.8 Å². The van der Waals surface area contributed by atoms with Gasteiger partial charge in [-0.2, -0.15) is 0 Å². The molecule has 0 heterocycles. The average molecular weight is 580 g/mol. The van der Waals surface area contributed by atoms with Gasteiger partial charge in [-0.25, -0.2) is 0 Å². The Morgan fingerprint density at radius 3 is 2.84 bits per heavy atom. The molecule has 1 rings (SSSR count). The monoisotopic (exact) mass is 578 g/mol. The van der Waals surface area contributed by atoms with Crippen molar-refractivity contribution in [3.05, 3.63) is 30.6 Å². The molecular weight excluding hydrogens is 567 g/mol. The van der Waals surface area contributed by atoms with Crippen LogP contribution in [0.2, 0.25) is 0 Å². The molecule has 0 saturated heterocycles. The van der Waals surface area contributed by atoms with E-state index in [1.165, 1.54) is 3.13 Å². The summed E-state index contributed by atoms with van der Waals surface area (Å²) in [6.07, 6.45) is 5.27. The molecule has 0 bridgehead atoms. The molecule has 0 aromatic heterocycles. The molecule has 0 aliphatic heterocycles. The van der Waals surface area contributed by atoms with Crippen LogP contribution in [0.3, 0.4) is 0 Å². The van der Waals surface area contributed by atoms with Crippen LogP contribution in [0, 0.1) is 0 Å². The number of rotatable bonds is 7. The molecule has 104 valence electrons. The Balaban J connectivity index is 2.52. The van der Waals surface area contributed by atoms with Crippen LogP contribution in [0.5, 0.6) is 0 Å². The zero-order chi connectivity index (χ0) is 14.3. The summed E-state index contributed by atoms with van der Waals surface area (Å²) in [6, 6.07) is 0. The molecule has 19 heavy (non-hydrogen) atoms. The van der Waals surface area contributed by atoms with Crippen molar-refractivity contribution < 1.29 is 9.47 Å². The Labute approximate surface area is 152 Å². The average Bonchev–Trinajstić information content (AvgIpc) is 2.32. The summed E-state index contributed by atoms with van der Waals surface area (Å²) in [6.45, 7) is 1.06. The fourth-order valence-electron chi connectivity index (χ4n) is 1.49. The van der Waals surface area contributed by atoms with Crippen molar-refractivity contribution in [1.82, 2.24) is 0 Å². The van der Waals surface area contributed by atoms with E-state index in [9.17, 15) is 0 Å². The molecule has 1 aliphatic rings. The van der Waals surface area contributed by atoms with E-state index in [0.29, 0.717) is 44.0 Å². The topological polar surface area (TPSA) is 18.5 Å². The fourth-order valence-corrected chi connectivity index (χ4v) is 4.35. The summed E-state index contributed by atoms with van der Waals surface area (Å²) >= 11 is 21.4. The van der Waals surface area contributed by atoms with Crippen LogP contribution in [0.25, 0.3) is 0 Å². The zero-order valence-corrected chi connectivity index (χ0v) is 18.5. The second-order valence-electron chi connectivity index (χ2n) is 3.83. The minimum atomic E-state index is -0.0278. The Kier molecular flexibility index (Phi) is 9.69. The van der Waals surface area contributed by atoms with E-state index in [1.807, 2.05) is 6.08 Å². The molecule has 0 spiro atoms. The molecule has 0 aromatic carbocycles. The van der Waals surface area contributed by atoms with Crippen molar-refractivity contribution in [3.63, 3.8) is 0 Å². The van der Waals surface area contributed by atoms with E-state index < -0.39 is 0 Å². The van der Waals surface area contributed by atoms with Crippen LogP contribution in [-0.2, 0) is 9.47 Å². The van der Waals surface area contributed by atoms with Crippen LogP contribution < -0.4 is 0 Å². The van der Waals surface area contributed by atoms with Gasteiger partial charge in [-0.05, 0) is 0 Å². The summed E-state index contributed by atoms with van der Waals surface area (Å²) in [7, 11) is 0.